The van der Waals surface area contributed by atoms with Gasteiger partial charge in [0.05, 0.1) is 0 Å². The van der Waals surface area contributed by atoms with Crippen LogP contribution < -0.4 is 10.5 Å². The Morgan fingerprint density at radius 3 is 2.55 bits per heavy atom. The second kappa shape index (κ2) is 7.87. The van der Waals surface area contributed by atoms with Crippen LogP contribution >= 0.6 is 23.2 Å². The number of ether oxygens (including phenoxy) is 1. The first-order valence-electron chi connectivity index (χ1n) is 6.66. The van der Waals surface area contributed by atoms with E-state index < -0.39 is 0 Å². The Kier molecular flexibility index (Phi) is 5.87. The molecule has 2 aromatic rings. The first-order valence-corrected chi connectivity index (χ1v) is 7.41. The zero-order chi connectivity index (χ0) is 15.9. The molecule has 0 saturated carbocycles. The van der Waals surface area contributed by atoms with E-state index in [9.17, 15) is 0 Å². The highest BCUT2D eigenvalue weighted by atomic mass is 35.5. The second-order valence-electron chi connectivity index (χ2n) is 4.55. The summed E-state index contributed by atoms with van der Waals surface area (Å²) in [7, 11) is 1.69. The van der Waals surface area contributed by atoms with E-state index >= 15 is 0 Å². The van der Waals surface area contributed by atoms with Crippen LogP contribution in [-0.2, 0) is 6.61 Å². The van der Waals surface area contributed by atoms with Gasteiger partial charge >= 0.3 is 0 Å². The van der Waals surface area contributed by atoms with Gasteiger partial charge in [-0.2, -0.15) is 0 Å². The van der Waals surface area contributed by atoms with Crippen molar-refractivity contribution in [2.75, 3.05) is 7.05 Å². The lowest BCUT2D eigenvalue weighted by molar-refractivity contribution is 0.306. The highest BCUT2D eigenvalue weighted by Gasteiger charge is 2.07. The van der Waals surface area contributed by atoms with Crippen molar-refractivity contribution in [2.45, 2.75) is 6.61 Å². The molecule has 114 valence electrons. The molecule has 0 saturated heterocycles. The molecule has 5 heteroatoms. The van der Waals surface area contributed by atoms with Crippen LogP contribution in [0.5, 0.6) is 5.75 Å². The Morgan fingerprint density at radius 1 is 1.18 bits per heavy atom. The van der Waals surface area contributed by atoms with Crippen LogP contribution in [-0.4, -0.2) is 13.3 Å². The molecule has 0 aliphatic rings. The number of hydrogen-bond acceptors (Lipinski definition) is 3. The summed E-state index contributed by atoms with van der Waals surface area (Å²) < 4.78 is 5.76. The first kappa shape index (κ1) is 16.4. The van der Waals surface area contributed by atoms with Crippen LogP contribution in [0.3, 0.4) is 0 Å². The summed E-state index contributed by atoms with van der Waals surface area (Å²) in [6.07, 6.45) is 3.39. The van der Waals surface area contributed by atoms with E-state index in [1.54, 1.807) is 37.5 Å². The van der Waals surface area contributed by atoms with Gasteiger partial charge in [0.2, 0.25) is 0 Å². The number of allylic oxidation sites excluding steroid dienone is 1. The number of hydrogen-bond donors (Lipinski definition) is 1. The zero-order valence-electron chi connectivity index (χ0n) is 12.1. The van der Waals surface area contributed by atoms with Crippen molar-refractivity contribution in [3.8, 4) is 5.75 Å². The van der Waals surface area contributed by atoms with Crippen LogP contribution in [0.2, 0.25) is 10.0 Å². The molecule has 0 atom stereocenters. The number of halogens is 2. The number of nitrogens with two attached hydrogens (primary N) is 1. The molecule has 0 radical (unpaired) electrons. The van der Waals surface area contributed by atoms with Crippen molar-refractivity contribution in [3.63, 3.8) is 0 Å². The van der Waals surface area contributed by atoms with Crippen molar-refractivity contribution in [2.24, 2.45) is 10.7 Å². The quantitative estimate of drug-likeness (QED) is 0.814. The van der Waals surface area contributed by atoms with E-state index in [0.717, 1.165) is 11.1 Å². The van der Waals surface area contributed by atoms with Crippen LogP contribution in [0.4, 0.5) is 0 Å². The predicted octanol–water partition coefficient (Wildman–Crippen LogP) is 4.57. The van der Waals surface area contributed by atoms with E-state index in [1.807, 2.05) is 24.3 Å². The molecule has 0 aliphatic heterocycles. The molecule has 0 fully saturated rings. The van der Waals surface area contributed by atoms with Gasteiger partial charge in [0.25, 0.3) is 0 Å². The molecule has 0 unspecified atom stereocenters. The van der Waals surface area contributed by atoms with Crippen LogP contribution in [0, 0.1) is 0 Å². The number of benzene rings is 2. The van der Waals surface area contributed by atoms with Crippen molar-refractivity contribution < 1.29 is 4.74 Å². The van der Waals surface area contributed by atoms with E-state index in [2.05, 4.69) is 4.99 Å². The maximum atomic E-state index is 6.13. The largest absolute Gasteiger partial charge is 0.489 e. The van der Waals surface area contributed by atoms with Crippen molar-refractivity contribution >= 4 is 35.1 Å². The minimum atomic E-state index is 0.294. The number of aliphatic imine (C=N–C) groups is 1. The number of rotatable bonds is 5. The third-order valence-corrected chi connectivity index (χ3v) is 3.72. The molecule has 0 amide bonds. The predicted molar refractivity (Wildman–Crippen MR) is 93.8 cm³/mol. The maximum absolute atomic E-state index is 6.13. The van der Waals surface area contributed by atoms with Crippen molar-refractivity contribution in [3.05, 3.63) is 69.7 Å². The minimum Gasteiger partial charge on any atom is -0.489 e. The van der Waals surface area contributed by atoms with Gasteiger partial charge in [-0.1, -0.05) is 41.4 Å². The van der Waals surface area contributed by atoms with Gasteiger partial charge in [-0.3, -0.25) is 4.99 Å². The summed E-state index contributed by atoms with van der Waals surface area (Å²) >= 11 is 12.3. The van der Waals surface area contributed by atoms with Gasteiger partial charge in [0, 0.05) is 40.1 Å². The molecule has 22 heavy (non-hydrogen) atoms. The van der Waals surface area contributed by atoms with E-state index in [4.69, 9.17) is 33.7 Å². The minimum absolute atomic E-state index is 0.294. The second-order valence-corrected chi connectivity index (χ2v) is 5.36. The molecule has 2 aromatic carbocycles. The summed E-state index contributed by atoms with van der Waals surface area (Å²) in [5, 5.41) is 1.17. The average molecular weight is 335 g/mol. The fourth-order valence-corrected chi connectivity index (χ4v) is 2.35. The van der Waals surface area contributed by atoms with Crippen LogP contribution in [0.15, 0.2) is 53.5 Å². The number of nitrogens with zero attached hydrogens (tertiary/aromatic N) is 1. The molecular formula is C17H16Cl2N2O. The molecule has 0 bridgehead atoms. The zero-order valence-corrected chi connectivity index (χ0v) is 13.6. The topological polar surface area (TPSA) is 47.6 Å². The lowest BCUT2D eigenvalue weighted by Crippen LogP contribution is -2.00. The highest BCUT2D eigenvalue weighted by Crippen LogP contribution is 2.26. The monoisotopic (exact) mass is 334 g/mol. The van der Waals surface area contributed by atoms with Crippen LogP contribution in [0.1, 0.15) is 11.1 Å². The Labute approximate surface area is 140 Å². The van der Waals surface area contributed by atoms with Gasteiger partial charge in [0.1, 0.15) is 12.4 Å². The standard InChI is InChI=1S/C17H16Cl2N2O/c1-21-9-8-17(20)12-4-2-5-13(10-12)22-11-14-15(18)6-3-7-16(14)19/h2-10H,11,20H2,1H3/b17-8-,21-9?. The smallest absolute Gasteiger partial charge is 0.120 e. The Balaban J connectivity index is 2.14. The van der Waals surface area contributed by atoms with Crippen molar-refractivity contribution in [1.82, 2.24) is 0 Å². The third kappa shape index (κ3) is 4.26. The molecular weight excluding hydrogens is 319 g/mol. The Hall–Kier alpha value is -1.97. The first-order chi connectivity index (χ1) is 10.6. The SMILES string of the molecule is CN=C/C=C(\N)c1cccc(OCc2c(Cl)cccc2Cl)c1. The average Bonchev–Trinajstić information content (AvgIpc) is 2.52. The summed E-state index contributed by atoms with van der Waals surface area (Å²) in [5.41, 5.74) is 8.22. The lowest BCUT2D eigenvalue weighted by Gasteiger charge is -2.10. The highest BCUT2D eigenvalue weighted by molar-refractivity contribution is 6.35. The maximum Gasteiger partial charge on any atom is 0.120 e. The van der Waals surface area contributed by atoms with Gasteiger partial charge in [-0.15, -0.1) is 0 Å². The summed E-state index contributed by atoms with van der Waals surface area (Å²) in [6.45, 7) is 0.294. The van der Waals surface area contributed by atoms with Gasteiger partial charge < -0.3 is 10.5 Å². The van der Waals surface area contributed by atoms with E-state index in [1.165, 1.54) is 0 Å². The molecule has 2 N–H and O–H groups in total. The summed E-state index contributed by atoms with van der Waals surface area (Å²) in [6, 6.07) is 12.9. The molecule has 0 heterocycles. The normalized spacial score (nSPS) is 11.9. The summed E-state index contributed by atoms with van der Waals surface area (Å²) in [4.78, 5) is 3.88. The Morgan fingerprint density at radius 2 is 1.86 bits per heavy atom. The van der Waals surface area contributed by atoms with Gasteiger partial charge in [-0.25, -0.2) is 0 Å². The van der Waals surface area contributed by atoms with E-state index in [-0.39, 0.29) is 0 Å². The van der Waals surface area contributed by atoms with Crippen molar-refractivity contribution in [1.29, 1.82) is 0 Å². The third-order valence-electron chi connectivity index (χ3n) is 3.02. The van der Waals surface area contributed by atoms with Gasteiger partial charge in [0.15, 0.2) is 0 Å². The molecule has 0 spiro atoms. The van der Waals surface area contributed by atoms with Crippen LogP contribution in [0.25, 0.3) is 5.70 Å². The fourth-order valence-electron chi connectivity index (χ4n) is 1.84. The summed E-state index contributed by atoms with van der Waals surface area (Å²) in [5.74, 6) is 0.693. The molecule has 0 aromatic heterocycles. The molecule has 3 nitrogen and oxygen atoms in total. The Bertz CT molecular complexity index is 691. The lowest BCUT2D eigenvalue weighted by atomic mass is 10.1. The fraction of sp³-hybridized carbons (Fsp3) is 0.118. The van der Waals surface area contributed by atoms with Gasteiger partial charge in [-0.05, 0) is 30.3 Å². The molecule has 2 rings (SSSR count). The van der Waals surface area contributed by atoms with E-state index in [0.29, 0.717) is 28.1 Å². The molecule has 0 aliphatic carbocycles.